The van der Waals surface area contributed by atoms with Crippen LogP contribution in [0.1, 0.15) is 0 Å². The predicted molar refractivity (Wildman–Crippen MR) is 164 cm³/mol. The van der Waals surface area contributed by atoms with Crippen molar-refractivity contribution in [3.05, 3.63) is 97.6 Å². The first-order valence-electron chi connectivity index (χ1n) is 14.1. The average Bonchev–Trinajstić information content (AvgIpc) is 3.11. The molecule has 4 aromatic heterocycles. The van der Waals surface area contributed by atoms with E-state index in [4.69, 9.17) is 57.1 Å². The van der Waals surface area contributed by atoms with Gasteiger partial charge in [0.2, 0.25) is 12.8 Å². The number of nitrogens with zero attached hydrogens (tertiary/aromatic N) is 6. The summed E-state index contributed by atoms with van der Waals surface area (Å²) in [7, 11) is -3.14. The third-order valence-electron chi connectivity index (χ3n) is 5.28. The molecule has 0 atom stereocenters. The molecule has 0 aliphatic rings. The molecule has 0 aliphatic heterocycles. The van der Waals surface area contributed by atoms with Crippen molar-refractivity contribution in [2.24, 2.45) is 0 Å². The topological polar surface area (TPSA) is 357 Å². The smallest absolute Gasteiger partial charge is 0.543 e. The zero-order valence-corrected chi connectivity index (χ0v) is 32.5. The molecule has 0 fully saturated rings. The summed E-state index contributed by atoms with van der Waals surface area (Å²) < 4.78 is 67.9. The largest absolute Gasteiger partial charge is 2.00 e. The van der Waals surface area contributed by atoms with Gasteiger partial charge in [0.05, 0.1) is 34.0 Å². The summed E-state index contributed by atoms with van der Waals surface area (Å²) in [5, 5.41) is 22.4. The minimum Gasteiger partial charge on any atom is -0.543 e. The van der Waals surface area contributed by atoms with Crippen LogP contribution in [0.4, 0.5) is 0 Å². The van der Waals surface area contributed by atoms with Crippen LogP contribution < -0.4 is 47.5 Å². The zero-order valence-electron chi connectivity index (χ0n) is 29.2. The van der Waals surface area contributed by atoms with E-state index in [0.717, 1.165) is 56.4 Å². The van der Waals surface area contributed by atoms with E-state index in [2.05, 4.69) is 68.5 Å². The second kappa shape index (κ2) is 28.6. The Morgan fingerprint density at radius 1 is 0.464 bits per heavy atom. The number of aliphatic carboxylic acids is 2. The summed E-state index contributed by atoms with van der Waals surface area (Å²) in [5.41, 5.74) is 3.91. The standard InChI is InChI=1S/2C12H8N2.2C3H7NO.C2H2O4.2ClHO4.2Cu/c2*1-3-9-5-6-10-4-2-8-14-12(10)11(9)13-7-1;2*1-4(2)3-5;3-1(4)2(5)6;2*2-1(3,4)5;;/h2*1-8H;2*3H,1-2H3;(H,3,4)(H,5,6);2*(H,2,3,4,5);;/q;;;;;;;2*+2/p-4. The number of carbonyl (C=O) groups excluding carboxylic acids is 4. The molecule has 0 saturated carbocycles. The van der Waals surface area contributed by atoms with Crippen LogP contribution in [-0.2, 0) is 53.3 Å². The van der Waals surface area contributed by atoms with E-state index in [1.807, 2.05) is 24.3 Å². The Kier molecular flexibility index (Phi) is 28.4. The summed E-state index contributed by atoms with van der Waals surface area (Å²) in [4.78, 5) is 57.0. The number of benzene rings is 2. The van der Waals surface area contributed by atoms with Gasteiger partial charge in [0.15, 0.2) is 0 Å². The van der Waals surface area contributed by atoms with E-state index in [9.17, 15) is 9.59 Å². The molecule has 2 radical (unpaired) electrons. The molecule has 0 N–H and O–H groups in total. The van der Waals surface area contributed by atoms with E-state index >= 15 is 0 Å². The summed E-state index contributed by atoms with van der Waals surface area (Å²) in [5.74, 6) is -4.37. The number of amides is 2. The van der Waals surface area contributed by atoms with Crippen LogP contribution in [0.15, 0.2) is 97.6 Å². The predicted octanol–water partition coefficient (Wildman–Crippen LogP) is -8.06. The van der Waals surface area contributed by atoms with Crippen molar-refractivity contribution < 1.29 is 121 Å². The monoisotopic (exact) mass is 918 g/mol. The maximum Gasteiger partial charge on any atom is 2.00 e. The van der Waals surface area contributed by atoms with Gasteiger partial charge in [-0.25, -0.2) is 37.3 Å². The number of pyridine rings is 4. The van der Waals surface area contributed by atoms with Crippen LogP contribution in [0.3, 0.4) is 0 Å². The van der Waals surface area contributed by atoms with Crippen molar-refractivity contribution in [3.8, 4) is 0 Å². The number of carboxylic acid groups (broad SMARTS) is 2. The molecule has 24 heteroatoms. The van der Waals surface area contributed by atoms with Gasteiger partial charge in [0.25, 0.3) is 0 Å². The van der Waals surface area contributed by atoms with Crippen molar-refractivity contribution in [1.82, 2.24) is 29.7 Å². The maximum absolute atomic E-state index is 9.43. The number of hydrogen-bond acceptors (Lipinski definition) is 18. The van der Waals surface area contributed by atoms with Crippen LogP contribution in [0, 0.1) is 20.5 Å². The number of hydrogen-bond donors (Lipinski definition) is 0. The first kappa shape index (κ1) is 55.6. The normalized spacial score (nSPS) is 9.57. The first-order valence-corrected chi connectivity index (χ1v) is 16.6. The van der Waals surface area contributed by atoms with Gasteiger partial charge < -0.3 is 29.6 Å². The van der Waals surface area contributed by atoms with Crippen molar-refractivity contribution in [1.29, 1.82) is 0 Å². The van der Waals surface area contributed by atoms with Gasteiger partial charge in [0.1, 0.15) is 0 Å². The van der Waals surface area contributed by atoms with E-state index in [1.54, 1.807) is 53.0 Å². The molecule has 308 valence electrons. The SMILES string of the molecule is CN(C)C=O.CN(C)C=O.O=C([O-])C(=O)[O-].[Cu+2].[Cu+2].[O-][Cl+3]([O-])([O-])[O-].[O-][Cl+3]([O-])([O-])[O-].c1cnc2c(c1)ccc1cccnc12.c1cnc2c(c1)ccc1cccnc12. The number of carbonyl (C=O) groups is 4. The fourth-order valence-electron chi connectivity index (χ4n) is 3.36. The Morgan fingerprint density at radius 2 is 0.625 bits per heavy atom. The van der Waals surface area contributed by atoms with Gasteiger partial charge in [-0.05, 0) is 24.3 Å². The van der Waals surface area contributed by atoms with E-state index in [0.29, 0.717) is 0 Å². The fraction of sp³-hybridized carbons (Fsp3) is 0.125. The molecule has 6 aromatic rings. The summed E-state index contributed by atoms with van der Waals surface area (Å²) in [6, 6.07) is 24.3. The number of carboxylic acids is 2. The van der Waals surface area contributed by atoms with E-state index in [1.165, 1.54) is 9.80 Å². The molecule has 0 unspecified atom stereocenters. The number of aromatic nitrogens is 4. The fourth-order valence-corrected chi connectivity index (χ4v) is 3.36. The van der Waals surface area contributed by atoms with Gasteiger partial charge in [-0.3, -0.25) is 29.5 Å². The molecule has 20 nitrogen and oxygen atoms in total. The minimum absolute atomic E-state index is 0. The summed E-state index contributed by atoms with van der Waals surface area (Å²) in [6.45, 7) is 0. The molecule has 2 amide bonds. The second-order valence-corrected chi connectivity index (χ2v) is 11.4. The minimum atomic E-state index is -4.94. The van der Waals surface area contributed by atoms with Crippen LogP contribution >= 0.6 is 0 Å². The quantitative estimate of drug-likeness (QED) is 0.0673. The van der Waals surface area contributed by atoms with Crippen LogP contribution in [-0.4, -0.2) is 82.7 Å². The molecule has 0 bridgehead atoms. The van der Waals surface area contributed by atoms with Crippen molar-refractivity contribution in [2.75, 3.05) is 28.2 Å². The van der Waals surface area contributed by atoms with Crippen LogP contribution in [0.25, 0.3) is 43.6 Å². The molecule has 4 heterocycles. The average molecular weight is 921 g/mol. The summed E-state index contributed by atoms with van der Waals surface area (Å²) in [6.07, 6.45) is 8.71. The number of fused-ring (bicyclic) bond motifs is 6. The zero-order chi connectivity index (χ0) is 41.5. The molecule has 0 saturated heterocycles. The second-order valence-electron chi connectivity index (χ2n) is 9.90. The number of rotatable bonds is 2. The molecular formula is C32H30Cl2Cu2N6O14. The molecule has 0 spiro atoms. The molecular weight excluding hydrogens is 890 g/mol. The number of halogens is 2. The van der Waals surface area contributed by atoms with E-state index < -0.39 is 32.4 Å². The molecule has 2 aromatic carbocycles. The Labute approximate surface area is 343 Å². The molecule has 0 aliphatic carbocycles. The Hall–Kier alpha value is -4.74. The molecule has 6 rings (SSSR count). The first-order chi connectivity index (χ1) is 25.1. The Balaban J connectivity index is -0.000000623. The third kappa shape index (κ3) is 26.9. The van der Waals surface area contributed by atoms with Crippen molar-refractivity contribution >= 4 is 68.4 Å². The Bertz CT molecular complexity index is 1810. The van der Waals surface area contributed by atoms with Crippen molar-refractivity contribution in [3.63, 3.8) is 0 Å². The maximum atomic E-state index is 9.43. The van der Waals surface area contributed by atoms with Gasteiger partial charge in [-0.2, -0.15) is 0 Å². The van der Waals surface area contributed by atoms with E-state index in [-0.39, 0.29) is 34.1 Å². The van der Waals surface area contributed by atoms with Gasteiger partial charge in [0, 0.05) is 74.5 Å². The van der Waals surface area contributed by atoms with Gasteiger partial charge >= 0.3 is 34.1 Å². The summed E-state index contributed by atoms with van der Waals surface area (Å²) >= 11 is 0. The van der Waals surface area contributed by atoms with Gasteiger partial charge in [-0.15, -0.1) is 20.5 Å². The molecule has 56 heavy (non-hydrogen) atoms. The van der Waals surface area contributed by atoms with Crippen molar-refractivity contribution in [2.45, 2.75) is 0 Å². The van der Waals surface area contributed by atoms with Crippen LogP contribution in [0.5, 0.6) is 0 Å². The third-order valence-corrected chi connectivity index (χ3v) is 5.28. The van der Waals surface area contributed by atoms with Crippen LogP contribution in [0.2, 0.25) is 0 Å². The Morgan fingerprint density at radius 3 is 0.750 bits per heavy atom. The van der Waals surface area contributed by atoms with Gasteiger partial charge in [-0.1, -0.05) is 48.5 Å².